The van der Waals surface area contributed by atoms with Crippen molar-refractivity contribution < 1.29 is 4.39 Å². The fraction of sp³-hybridized carbons (Fsp3) is 0.429. The van der Waals surface area contributed by atoms with Crippen LogP contribution in [0.3, 0.4) is 0 Å². The number of halogens is 2. The standard InChI is InChI=1S/C14H19FN4.ClH/c1-10(2)9-13-16-17-14(19(13)4)18(3)12-7-5-11(15)6-8-12;/h5-8,10H,9H2,1-4H3;1H. The van der Waals surface area contributed by atoms with E-state index < -0.39 is 0 Å². The molecule has 0 saturated heterocycles. The molecule has 0 bridgehead atoms. The lowest BCUT2D eigenvalue weighted by Gasteiger charge is -2.18. The van der Waals surface area contributed by atoms with E-state index in [2.05, 4.69) is 24.0 Å². The highest BCUT2D eigenvalue weighted by atomic mass is 35.5. The zero-order chi connectivity index (χ0) is 14.0. The van der Waals surface area contributed by atoms with Crippen LogP contribution in [0.15, 0.2) is 24.3 Å². The summed E-state index contributed by atoms with van der Waals surface area (Å²) in [4.78, 5) is 1.90. The minimum atomic E-state index is -0.240. The average molecular weight is 299 g/mol. The molecular formula is C14H20ClFN4. The van der Waals surface area contributed by atoms with Gasteiger partial charge in [-0.2, -0.15) is 0 Å². The van der Waals surface area contributed by atoms with Crippen LogP contribution in [0.25, 0.3) is 0 Å². The lowest BCUT2D eigenvalue weighted by Crippen LogP contribution is -2.15. The highest BCUT2D eigenvalue weighted by molar-refractivity contribution is 5.85. The normalized spacial score (nSPS) is 10.5. The van der Waals surface area contributed by atoms with E-state index >= 15 is 0 Å². The summed E-state index contributed by atoms with van der Waals surface area (Å²) in [7, 11) is 3.85. The first-order valence-corrected chi connectivity index (χ1v) is 6.36. The molecule has 110 valence electrons. The first-order chi connectivity index (χ1) is 8.99. The molecule has 1 aromatic carbocycles. The number of anilines is 2. The third-order valence-electron chi connectivity index (χ3n) is 3.05. The molecule has 0 unspecified atom stereocenters. The Morgan fingerprint density at radius 1 is 1.20 bits per heavy atom. The van der Waals surface area contributed by atoms with Crippen LogP contribution >= 0.6 is 12.4 Å². The summed E-state index contributed by atoms with van der Waals surface area (Å²) in [5.41, 5.74) is 0.882. The summed E-state index contributed by atoms with van der Waals surface area (Å²) in [6.07, 6.45) is 0.890. The van der Waals surface area contributed by atoms with E-state index in [1.54, 1.807) is 12.1 Å². The molecule has 0 saturated carbocycles. The van der Waals surface area contributed by atoms with Gasteiger partial charge in [0.2, 0.25) is 5.95 Å². The van der Waals surface area contributed by atoms with Gasteiger partial charge in [-0.3, -0.25) is 0 Å². The molecule has 0 aliphatic heterocycles. The van der Waals surface area contributed by atoms with Gasteiger partial charge in [-0.1, -0.05) is 13.8 Å². The number of rotatable bonds is 4. The predicted molar refractivity (Wildman–Crippen MR) is 81.3 cm³/mol. The number of nitrogens with zero attached hydrogens (tertiary/aromatic N) is 4. The van der Waals surface area contributed by atoms with Gasteiger partial charge in [0.15, 0.2) is 0 Å². The molecule has 2 aromatic rings. The van der Waals surface area contributed by atoms with Gasteiger partial charge >= 0.3 is 0 Å². The smallest absolute Gasteiger partial charge is 0.231 e. The zero-order valence-electron chi connectivity index (χ0n) is 12.2. The molecule has 0 spiro atoms. The molecule has 20 heavy (non-hydrogen) atoms. The highest BCUT2D eigenvalue weighted by Crippen LogP contribution is 2.22. The van der Waals surface area contributed by atoms with Crippen LogP contribution in [0, 0.1) is 11.7 Å². The van der Waals surface area contributed by atoms with Crippen molar-refractivity contribution in [2.45, 2.75) is 20.3 Å². The second kappa shape index (κ2) is 6.70. The minimum Gasteiger partial charge on any atom is -0.314 e. The summed E-state index contributed by atoms with van der Waals surface area (Å²) >= 11 is 0. The van der Waals surface area contributed by atoms with Gasteiger partial charge in [-0.05, 0) is 30.2 Å². The summed E-state index contributed by atoms with van der Waals surface area (Å²) in [6, 6.07) is 6.34. The average Bonchev–Trinajstić information content (AvgIpc) is 2.70. The Labute approximate surface area is 125 Å². The first kappa shape index (κ1) is 16.4. The molecule has 0 fully saturated rings. The van der Waals surface area contributed by atoms with Crippen molar-refractivity contribution in [1.29, 1.82) is 0 Å². The van der Waals surface area contributed by atoms with Crippen molar-refractivity contribution in [2.24, 2.45) is 13.0 Å². The Balaban J connectivity index is 0.00000200. The number of benzene rings is 1. The van der Waals surface area contributed by atoms with Gasteiger partial charge in [0, 0.05) is 26.2 Å². The molecule has 0 N–H and O–H groups in total. The third-order valence-corrected chi connectivity index (χ3v) is 3.05. The number of hydrogen-bond acceptors (Lipinski definition) is 3. The maximum absolute atomic E-state index is 12.9. The lowest BCUT2D eigenvalue weighted by atomic mass is 10.1. The monoisotopic (exact) mass is 298 g/mol. The Hall–Kier alpha value is -1.62. The Morgan fingerprint density at radius 2 is 1.80 bits per heavy atom. The first-order valence-electron chi connectivity index (χ1n) is 6.36. The molecule has 0 aliphatic carbocycles. The highest BCUT2D eigenvalue weighted by Gasteiger charge is 2.14. The third kappa shape index (κ3) is 3.48. The van der Waals surface area contributed by atoms with E-state index in [4.69, 9.17) is 0 Å². The molecule has 6 heteroatoms. The van der Waals surface area contributed by atoms with Crippen molar-refractivity contribution >= 4 is 24.0 Å². The molecule has 0 amide bonds. The number of aromatic nitrogens is 3. The van der Waals surface area contributed by atoms with Gasteiger partial charge < -0.3 is 9.47 Å². The van der Waals surface area contributed by atoms with Crippen LogP contribution < -0.4 is 4.90 Å². The SMILES string of the molecule is CC(C)Cc1nnc(N(C)c2ccc(F)cc2)n1C.Cl. The van der Waals surface area contributed by atoms with E-state index in [1.165, 1.54) is 12.1 Å². The molecule has 2 rings (SSSR count). The Morgan fingerprint density at radius 3 is 2.35 bits per heavy atom. The van der Waals surface area contributed by atoms with Crippen molar-refractivity contribution in [3.05, 3.63) is 35.9 Å². The molecule has 4 nitrogen and oxygen atoms in total. The van der Waals surface area contributed by atoms with E-state index in [0.29, 0.717) is 5.92 Å². The summed E-state index contributed by atoms with van der Waals surface area (Å²) in [5.74, 6) is 2.00. The largest absolute Gasteiger partial charge is 0.314 e. The second-order valence-corrected chi connectivity index (χ2v) is 5.11. The van der Waals surface area contributed by atoms with Crippen molar-refractivity contribution in [3.63, 3.8) is 0 Å². The molecule has 0 aliphatic rings. The van der Waals surface area contributed by atoms with Gasteiger partial charge in [0.05, 0.1) is 0 Å². The van der Waals surface area contributed by atoms with Crippen LogP contribution in [0.2, 0.25) is 0 Å². The topological polar surface area (TPSA) is 34.0 Å². The van der Waals surface area contributed by atoms with E-state index in [1.807, 2.05) is 23.6 Å². The molecule has 0 atom stereocenters. The molecule has 1 heterocycles. The van der Waals surface area contributed by atoms with E-state index in [0.717, 1.165) is 23.9 Å². The van der Waals surface area contributed by atoms with Gasteiger partial charge in [-0.25, -0.2) is 4.39 Å². The summed E-state index contributed by atoms with van der Waals surface area (Å²) in [5, 5.41) is 8.43. The fourth-order valence-corrected chi connectivity index (χ4v) is 1.97. The minimum absolute atomic E-state index is 0. The second-order valence-electron chi connectivity index (χ2n) is 5.11. The van der Waals surface area contributed by atoms with Gasteiger partial charge in [-0.15, -0.1) is 22.6 Å². The molecular weight excluding hydrogens is 279 g/mol. The van der Waals surface area contributed by atoms with Crippen molar-refractivity contribution in [3.8, 4) is 0 Å². The zero-order valence-corrected chi connectivity index (χ0v) is 13.0. The van der Waals surface area contributed by atoms with Crippen LogP contribution in [-0.2, 0) is 13.5 Å². The summed E-state index contributed by atoms with van der Waals surface area (Å²) in [6.45, 7) is 4.30. The lowest BCUT2D eigenvalue weighted by molar-refractivity contribution is 0.601. The van der Waals surface area contributed by atoms with Crippen LogP contribution in [0.1, 0.15) is 19.7 Å². The van der Waals surface area contributed by atoms with E-state index in [-0.39, 0.29) is 18.2 Å². The van der Waals surface area contributed by atoms with E-state index in [9.17, 15) is 4.39 Å². The maximum atomic E-state index is 12.9. The molecule has 0 radical (unpaired) electrons. The quantitative estimate of drug-likeness (QED) is 0.868. The molecule has 1 aromatic heterocycles. The van der Waals surface area contributed by atoms with Gasteiger partial charge in [0.1, 0.15) is 11.6 Å². The van der Waals surface area contributed by atoms with Crippen molar-refractivity contribution in [2.75, 3.05) is 11.9 Å². The van der Waals surface area contributed by atoms with Crippen LogP contribution in [0.5, 0.6) is 0 Å². The van der Waals surface area contributed by atoms with Crippen LogP contribution in [0.4, 0.5) is 16.0 Å². The van der Waals surface area contributed by atoms with Crippen molar-refractivity contribution in [1.82, 2.24) is 14.8 Å². The predicted octanol–water partition coefficient (Wildman–Crippen LogP) is 3.34. The maximum Gasteiger partial charge on any atom is 0.231 e. The van der Waals surface area contributed by atoms with Crippen LogP contribution in [-0.4, -0.2) is 21.8 Å². The van der Waals surface area contributed by atoms with Gasteiger partial charge in [0.25, 0.3) is 0 Å². The Kier molecular flexibility index (Phi) is 5.51. The number of hydrogen-bond donors (Lipinski definition) is 0. The Bertz CT molecular complexity index is 551. The summed E-state index contributed by atoms with van der Waals surface area (Å²) < 4.78 is 14.9. The fourth-order valence-electron chi connectivity index (χ4n) is 1.97.